The van der Waals surface area contributed by atoms with Crippen molar-refractivity contribution in [1.82, 2.24) is 0 Å². The number of aryl methyl sites for hydroxylation is 3. The van der Waals surface area contributed by atoms with E-state index in [9.17, 15) is 9.59 Å². The van der Waals surface area contributed by atoms with Gasteiger partial charge in [0.05, 0.1) is 5.25 Å². The van der Waals surface area contributed by atoms with Gasteiger partial charge in [0.15, 0.2) is 0 Å². The molecule has 2 aromatic rings. The number of carbonyl (C=O) groups excluding carboxylic acids is 2. The number of amides is 2. The summed E-state index contributed by atoms with van der Waals surface area (Å²) < 4.78 is 0. The lowest BCUT2D eigenvalue weighted by molar-refractivity contribution is -0.116. The largest absolute Gasteiger partial charge is 0.326 e. The van der Waals surface area contributed by atoms with Gasteiger partial charge in [0.2, 0.25) is 11.8 Å². The minimum atomic E-state index is -0.158. The van der Waals surface area contributed by atoms with E-state index in [2.05, 4.69) is 29.7 Å². The van der Waals surface area contributed by atoms with Gasteiger partial charge in [0.1, 0.15) is 0 Å². The highest BCUT2D eigenvalue weighted by Crippen LogP contribution is 2.22. The Morgan fingerprint density at radius 2 is 1.63 bits per heavy atom. The van der Waals surface area contributed by atoms with E-state index in [0.717, 1.165) is 34.7 Å². The second-order valence-corrected chi connectivity index (χ2v) is 8.24. The number of benzene rings is 2. The molecule has 0 saturated carbocycles. The molecule has 0 aromatic heterocycles. The zero-order valence-corrected chi connectivity index (χ0v) is 17.3. The highest BCUT2D eigenvalue weighted by Gasteiger charge is 2.14. The molecule has 1 atom stereocenters. The predicted molar refractivity (Wildman–Crippen MR) is 116 cm³/mol. The average molecular weight is 385 g/mol. The molecule has 0 spiro atoms. The lowest BCUT2D eigenvalue weighted by Crippen LogP contribution is -2.22. The van der Waals surface area contributed by atoms with E-state index < -0.39 is 0 Å². The molecule has 144 valence electrons. The Labute approximate surface area is 166 Å². The molecule has 0 radical (unpaired) electrons. The average Bonchev–Trinajstić information content (AvgIpc) is 2.62. The van der Waals surface area contributed by atoms with Crippen LogP contribution in [0.1, 0.15) is 36.5 Å². The fraction of sp³-hybridized carbons (Fsp3) is 0.364. The zero-order valence-electron chi connectivity index (χ0n) is 16.5. The standard InChI is InChI=1S/C22H28N2O2S/c1-15-13-16(2)21(17(3)14-15)24-20(25)11-8-12-27-18(4)22(26)23-19-9-6-5-7-10-19/h5-7,9-10,13-14,18H,8,11-12H2,1-4H3,(H,23,26)(H,24,25). The van der Waals surface area contributed by atoms with Crippen LogP contribution >= 0.6 is 11.8 Å². The molecular weight excluding hydrogens is 356 g/mol. The Morgan fingerprint density at radius 1 is 1.00 bits per heavy atom. The molecule has 27 heavy (non-hydrogen) atoms. The molecule has 2 rings (SSSR count). The summed E-state index contributed by atoms with van der Waals surface area (Å²) in [6.45, 7) is 7.97. The molecule has 0 bridgehead atoms. The van der Waals surface area contributed by atoms with Crippen LogP contribution in [0.25, 0.3) is 0 Å². The van der Waals surface area contributed by atoms with Gasteiger partial charge < -0.3 is 10.6 Å². The van der Waals surface area contributed by atoms with Crippen LogP contribution in [0, 0.1) is 20.8 Å². The Hall–Kier alpha value is -2.27. The van der Waals surface area contributed by atoms with Gasteiger partial charge in [-0.3, -0.25) is 9.59 Å². The number of thioether (sulfide) groups is 1. The lowest BCUT2D eigenvalue weighted by Gasteiger charge is -2.14. The molecule has 0 aliphatic carbocycles. The minimum Gasteiger partial charge on any atom is -0.326 e. The van der Waals surface area contributed by atoms with Crippen molar-refractivity contribution in [2.75, 3.05) is 16.4 Å². The smallest absolute Gasteiger partial charge is 0.237 e. The zero-order chi connectivity index (χ0) is 19.8. The van der Waals surface area contributed by atoms with Crippen molar-refractivity contribution >= 4 is 35.0 Å². The Balaban J connectivity index is 1.71. The third-order valence-corrected chi connectivity index (χ3v) is 5.51. The van der Waals surface area contributed by atoms with E-state index in [1.165, 1.54) is 5.56 Å². The van der Waals surface area contributed by atoms with E-state index >= 15 is 0 Å². The van der Waals surface area contributed by atoms with E-state index in [1.54, 1.807) is 11.8 Å². The van der Waals surface area contributed by atoms with Crippen LogP contribution in [0.2, 0.25) is 0 Å². The van der Waals surface area contributed by atoms with Gasteiger partial charge >= 0.3 is 0 Å². The third kappa shape index (κ3) is 6.75. The first kappa shape index (κ1) is 21.0. The predicted octanol–water partition coefficient (Wildman–Crippen LogP) is 5.09. The van der Waals surface area contributed by atoms with E-state index in [-0.39, 0.29) is 17.1 Å². The molecule has 2 aromatic carbocycles. The number of anilines is 2. The molecule has 1 unspecified atom stereocenters. The quantitative estimate of drug-likeness (QED) is 0.623. The summed E-state index contributed by atoms with van der Waals surface area (Å²) in [5, 5.41) is 5.77. The summed E-state index contributed by atoms with van der Waals surface area (Å²) in [7, 11) is 0. The van der Waals surface area contributed by atoms with Gasteiger partial charge in [-0.15, -0.1) is 11.8 Å². The van der Waals surface area contributed by atoms with E-state index in [4.69, 9.17) is 0 Å². The van der Waals surface area contributed by atoms with Crippen molar-refractivity contribution in [2.45, 2.75) is 45.8 Å². The van der Waals surface area contributed by atoms with Gasteiger partial charge in [-0.2, -0.15) is 0 Å². The summed E-state index contributed by atoms with van der Waals surface area (Å²) in [4.78, 5) is 24.4. The van der Waals surface area contributed by atoms with Crippen LogP contribution in [0.15, 0.2) is 42.5 Å². The first-order chi connectivity index (χ1) is 12.9. The fourth-order valence-electron chi connectivity index (χ4n) is 2.91. The summed E-state index contributed by atoms with van der Waals surface area (Å²) in [6.07, 6.45) is 1.19. The number of carbonyl (C=O) groups is 2. The third-order valence-electron chi connectivity index (χ3n) is 4.27. The molecule has 2 amide bonds. The molecule has 2 N–H and O–H groups in total. The van der Waals surface area contributed by atoms with Crippen molar-refractivity contribution in [3.05, 3.63) is 59.2 Å². The van der Waals surface area contributed by atoms with Crippen molar-refractivity contribution < 1.29 is 9.59 Å². The first-order valence-corrected chi connectivity index (χ1v) is 10.3. The monoisotopic (exact) mass is 384 g/mol. The van der Waals surface area contributed by atoms with Crippen molar-refractivity contribution in [3.8, 4) is 0 Å². The maximum absolute atomic E-state index is 12.2. The molecule has 0 aliphatic heterocycles. The van der Waals surface area contributed by atoms with Crippen LogP contribution in [-0.2, 0) is 9.59 Å². The molecule has 0 fully saturated rings. The maximum atomic E-state index is 12.2. The molecule has 4 nitrogen and oxygen atoms in total. The number of para-hydroxylation sites is 1. The molecule has 0 heterocycles. The molecule has 0 aliphatic rings. The molecular formula is C22H28N2O2S. The SMILES string of the molecule is Cc1cc(C)c(NC(=O)CCCSC(C)C(=O)Nc2ccccc2)c(C)c1. The van der Waals surface area contributed by atoms with Gasteiger partial charge in [-0.1, -0.05) is 35.9 Å². The van der Waals surface area contributed by atoms with Crippen molar-refractivity contribution in [1.29, 1.82) is 0 Å². The highest BCUT2D eigenvalue weighted by atomic mass is 32.2. The van der Waals surface area contributed by atoms with Gasteiger partial charge in [0.25, 0.3) is 0 Å². The topological polar surface area (TPSA) is 58.2 Å². The summed E-state index contributed by atoms with van der Waals surface area (Å²) in [6, 6.07) is 13.6. The minimum absolute atomic E-state index is 0.0124. The second-order valence-electron chi connectivity index (χ2n) is 6.79. The Kier molecular flexibility index (Phi) is 7.92. The molecule has 5 heteroatoms. The Bertz CT molecular complexity index is 767. The van der Waals surface area contributed by atoms with Crippen molar-refractivity contribution in [2.24, 2.45) is 0 Å². The van der Waals surface area contributed by atoms with Crippen LogP contribution in [-0.4, -0.2) is 22.8 Å². The van der Waals surface area contributed by atoms with Crippen LogP contribution < -0.4 is 10.6 Å². The van der Waals surface area contributed by atoms with Crippen molar-refractivity contribution in [3.63, 3.8) is 0 Å². The van der Waals surface area contributed by atoms with E-state index in [0.29, 0.717) is 6.42 Å². The number of nitrogens with one attached hydrogen (secondary N) is 2. The van der Waals surface area contributed by atoms with Crippen LogP contribution in [0.3, 0.4) is 0 Å². The number of rotatable bonds is 8. The van der Waals surface area contributed by atoms with Gasteiger partial charge in [-0.05, 0) is 63.1 Å². The van der Waals surface area contributed by atoms with Crippen LogP contribution in [0.5, 0.6) is 0 Å². The second kappa shape index (κ2) is 10.2. The Morgan fingerprint density at radius 3 is 2.26 bits per heavy atom. The first-order valence-electron chi connectivity index (χ1n) is 9.22. The van der Waals surface area contributed by atoms with Crippen LogP contribution in [0.4, 0.5) is 11.4 Å². The molecule has 0 saturated heterocycles. The van der Waals surface area contributed by atoms with Gasteiger partial charge in [-0.25, -0.2) is 0 Å². The lowest BCUT2D eigenvalue weighted by atomic mass is 10.0. The number of hydrogen-bond donors (Lipinski definition) is 2. The summed E-state index contributed by atoms with van der Waals surface area (Å²) in [5.74, 6) is 0.774. The summed E-state index contributed by atoms with van der Waals surface area (Å²) >= 11 is 1.57. The summed E-state index contributed by atoms with van der Waals surface area (Å²) in [5.41, 5.74) is 5.08. The maximum Gasteiger partial charge on any atom is 0.237 e. The van der Waals surface area contributed by atoms with Gasteiger partial charge in [0, 0.05) is 17.8 Å². The number of hydrogen-bond acceptors (Lipinski definition) is 3. The highest BCUT2D eigenvalue weighted by molar-refractivity contribution is 8.00. The fourth-order valence-corrected chi connectivity index (χ4v) is 3.79. The van der Waals surface area contributed by atoms with E-state index in [1.807, 2.05) is 51.1 Å². The normalized spacial score (nSPS) is 11.7.